The molecule has 0 heterocycles. The summed E-state index contributed by atoms with van der Waals surface area (Å²) in [6.07, 6.45) is 2.60. The van der Waals surface area contributed by atoms with Crippen LogP contribution in [0.5, 0.6) is 23.0 Å². The van der Waals surface area contributed by atoms with Gasteiger partial charge in [0.2, 0.25) is 0 Å². The first-order valence-corrected chi connectivity index (χ1v) is 15.8. The number of aromatic carboxylic acids is 2. The Labute approximate surface area is 288 Å². The Balaban J connectivity index is 0.00000136. The number of carbonyl (C=O) groups is 2. The molecule has 0 aliphatic rings. The van der Waals surface area contributed by atoms with Crippen molar-refractivity contribution < 1.29 is 40.2 Å². The van der Waals surface area contributed by atoms with Crippen LogP contribution >= 0.6 is 0 Å². The number of carboxylic acid groups (broad SMARTS) is 2. The summed E-state index contributed by atoms with van der Waals surface area (Å²) in [7, 11) is 0. The number of nitrogens with zero attached hydrogens (tertiary/aromatic N) is 2. The molecule has 0 unspecified atom stereocenters. The van der Waals surface area contributed by atoms with Gasteiger partial charge in [0, 0.05) is 34.7 Å². The zero-order valence-electron chi connectivity index (χ0n) is 27.8. The van der Waals surface area contributed by atoms with E-state index in [1.807, 2.05) is 52.0 Å². The maximum absolute atomic E-state index is 11.8. The molecule has 0 aliphatic heterocycles. The van der Waals surface area contributed by atoms with E-state index in [2.05, 4.69) is 9.98 Å². The summed E-state index contributed by atoms with van der Waals surface area (Å²) in [5, 5.41) is 65.4. The van der Waals surface area contributed by atoms with Crippen LogP contribution in [0.4, 0.5) is 11.4 Å². The summed E-state index contributed by atoms with van der Waals surface area (Å²) in [4.78, 5) is 31.4. The van der Waals surface area contributed by atoms with Crippen LogP contribution < -0.4 is 0 Å². The van der Waals surface area contributed by atoms with E-state index in [1.165, 1.54) is 48.8 Å². The molecular weight excluding hydrogens is 636 g/mol. The van der Waals surface area contributed by atoms with Gasteiger partial charge in [0.25, 0.3) is 0 Å². The molecule has 0 saturated carbocycles. The van der Waals surface area contributed by atoms with E-state index in [0.717, 1.165) is 0 Å². The monoisotopic (exact) mass is 672 g/mol. The molecule has 0 bridgehead atoms. The molecule has 0 aliphatic carbocycles. The number of rotatable bonds is 7. The Hall–Kier alpha value is -6.68. The van der Waals surface area contributed by atoms with Crippen molar-refractivity contribution in [3.8, 4) is 34.1 Å². The third kappa shape index (κ3) is 7.39. The largest absolute Gasteiger partial charge is 0.507 e. The van der Waals surface area contributed by atoms with Crippen molar-refractivity contribution >= 4 is 57.3 Å². The van der Waals surface area contributed by atoms with Crippen LogP contribution in [0.2, 0.25) is 0 Å². The highest BCUT2D eigenvalue weighted by molar-refractivity contribution is 6.14. The first-order chi connectivity index (χ1) is 24.1. The molecule has 50 heavy (non-hydrogen) atoms. The lowest BCUT2D eigenvalue weighted by atomic mass is 9.89. The molecule has 6 N–H and O–H groups in total. The highest BCUT2D eigenvalue weighted by atomic mass is 16.4. The van der Waals surface area contributed by atoms with Crippen molar-refractivity contribution in [3.05, 3.63) is 119 Å². The van der Waals surface area contributed by atoms with E-state index in [0.29, 0.717) is 21.5 Å². The van der Waals surface area contributed by atoms with Crippen LogP contribution in [-0.2, 0) is 0 Å². The zero-order chi connectivity index (χ0) is 36.5. The van der Waals surface area contributed by atoms with Gasteiger partial charge >= 0.3 is 11.9 Å². The maximum atomic E-state index is 11.8. The Bertz CT molecular complexity index is 2110. The van der Waals surface area contributed by atoms with Gasteiger partial charge in [-0.05, 0) is 70.1 Å². The number of hydrogen-bond acceptors (Lipinski definition) is 8. The molecule has 6 aromatic rings. The van der Waals surface area contributed by atoms with Crippen LogP contribution in [0.1, 0.15) is 59.5 Å². The van der Waals surface area contributed by atoms with Crippen LogP contribution in [0.25, 0.3) is 32.7 Å². The minimum Gasteiger partial charge on any atom is -0.507 e. The van der Waals surface area contributed by atoms with E-state index in [1.54, 1.807) is 36.4 Å². The molecule has 0 fully saturated rings. The number of carboxylic acids is 2. The second kappa shape index (κ2) is 15.9. The van der Waals surface area contributed by atoms with Gasteiger partial charge in [-0.15, -0.1) is 0 Å². The zero-order valence-corrected chi connectivity index (χ0v) is 27.8. The SMILES string of the molecule is CC.CC.O=C(O)c1ccc(O)c(N=Cc2cc3ccccc3c(-c3c(O)c(C=Nc4cc(C(=O)O)ccc4O)cc4ccccc34)c2O)c1. The second-order valence-electron chi connectivity index (χ2n) is 10.4. The third-order valence-electron chi connectivity index (χ3n) is 7.48. The summed E-state index contributed by atoms with van der Waals surface area (Å²) in [5.41, 5.74) is 0.827. The Morgan fingerprint density at radius 3 is 1.24 bits per heavy atom. The molecule has 0 saturated heterocycles. The molecule has 0 radical (unpaired) electrons. The fourth-order valence-electron chi connectivity index (χ4n) is 5.22. The number of phenols is 4. The minimum atomic E-state index is -1.19. The highest BCUT2D eigenvalue weighted by Crippen LogP contribution is 2.47. The Morgan fingerprint density at radius 2 is 0.880 bits per heavy atom. The van der Waals surface area contributed by atoms with E-state index in [9.17, 15) is 40.2 Å². The summed E-state index contributed by atoms with van der Waals surface area (Å²) in [5.74, 6) is -3.37. The predicted octanol–water partition coefficient (Wildman–Crippen LogP) is 9.43. The fourth-order valence-corrected chi connectivity index (χ4v) is 5.22. The van der Waals surface area contributed by atoms with E-state index < -0.39 is 11.9 Å². The van der Waals surface area contributed by atoms with Crippen molar-refractivity contribution in [1.82, 2.24) is 0 Å². The van der Waals surface area contributed by atoms with E-state index in [4.69, 9.17) is 0 Å². The average Bonchev–Trinajstić information content (AvgIpc) is 3.13. The topological polar surface area (TPSA) is 180 Å². The summed E-state index contributed by atoms with van der Waals surface area (Å²) >= 11 is 0. The molecule has 0 amide bonds. The molecule has 10 heteroatoms. The van der Waals surface area contributed by atoms with Crippen molar-refractivity contribution in [1.29, 1.82) is 0 Å². The average molecular weight is 673 g/mol. The second-order valence-corrected chi connectivity index (χ2v) is 10.4. The van der Waals surface area contributed by atoms with Crippen molar-refractivity contribution in [2.24, 2.45) is 9.98 Å². The van der Waals surface area contributed by atoms with Gasteiger partial charge in [-0.25, -0.2) is 9.59 Å². The molecule has 0 aromatic heterocycles. The number of fused-ring (bicyclic) bond motifs is 2. The van der Waals surface area contributed by atoms with Crippen molar-refractivity contribution in [3.63, 3.8) is 0 Å². The molecule has 254 valence electrons. The molecule has 6 rings (SSSR count). The molecule has 0 atom stereocenters. The summed E-state index contributed by atoms with van der Waals surface area (Å²) in [6, 6.07) is 25.1. The highest BCUT2D eigenvalue weighted by Gasteiger charge is 2.21. The first kappa shape index (κ1) is 36.2. The van der Waals surface area contributed by atoms with Gasteiger partial charge in [0.05, 0.1) is 11.1 Å². The van der Waals surface area contributed by atoms with Gasteiger partial charge in [-0.3, -0.25) is 9.98 Å². The normalized spacial score (nSPS) is 10.9. The van der Waals surface area contributed by atoms with Crippen LogP contribution in [-0.4, -0.2) is 55.0 Å². The third-order valence-corrected chi connectivity index (χ3v) is 7.48. The minimum absolute atomic E-state index is 0.0178. The van der Waals surface area contributed by atoms with E-state index >= 15 is 0 Å². The number of hydrogen-bond donors (Lipinski definition) is 6. The number of benzene rings is 6. The lowest BCUT2D eigenvalue weighted by Gasteiger charge is -2.17. The fraction of sp³-hybridized carbons (Fsp3) is 0.100. The van der Waals surface area contributed by atoms with Crippen molar-refractivity contribution in [2.45, 2.75) is 27.7 Å². The van der Waals surface area contributed by atoms with Gasteiger partial charge < -0.3 is 30.6 Å². The van der Waals surface area contributed by atoms with Gasteiger partial charge in [-0.2, -0.15) is 0 Å². The maximum Gasteiger partial charge on any atom is 0.335 e. The molecular formula is C40H36N2O8. The van der Waals surface area contributed by atoms with Crippen LogP contribution in [0.15, 0.2) is 107 Å². The first-order valence-electron chi connectivity index (χ1n) is 15.8. The van der Waals surface area contributed by atoms with Gasteiger partial charge in [0.1, 0.15) is 34.4 Å². The lowest BCUT2D eigenvalue weighted by Crippen LogP contribution is -1.96. The number of aliphatic imine (C=N–C) groups is 2. The Kier molecular flexibility index (Phi) is 11.5. The quantitative estimate of drug-likeness (QED) is 0.0907. The number of phenolic OH excluding ortho intramolecular Hbond substituents is 4. The summed E-state index contributed by atoms with van der Waals surface area (Å²) < 4.78 is 0. The Morgan fingerprint density at radius 1 is 0.520 bits per heavy atom. The summed E-state index contributed by atoms with van der Waals surface area (Å²) in [6.45, 7) is 8.00. The molecule has 0 spiro atoms. The number of aromatic hydroxyl groups is 4. The lowest BCUT2D eigenvalue weighted by molar-refractivity contribution is 0.0686. The molecule has 10 nitrogen and oxygen atoms in total. The smallest absolute Gasteiger partial charge is 0.335 e. The van der Waals surface area contributed by atoms with Crippen molar-refractivity contribution in [2.75, 3.05) is 0 Å². The van der Waals surface area contributed by atoms with Crippen LogP contribution in [0.3, 0.4) is 0 Å². The van der Waals surface area contributed by atoms with Gasteiger partial charge in [0.15, 0.2) is 0 Å². The predicted molar refractivity (Wildman–Crippen MR) is 198 cm³/mol. The van der Waals surface area contributed by atoms with Gasteiger partial charge in [-0.1, -0.05) is 76.2 Å². The van der Waals surface area contributed by atoms with E-state index in [-0.39, 0.29) is 67.8 Å². The molecule has 6 aromatic carbocycles. The van der Waals surface area contributed by atoms with Crippen LogP contribution in [0, 0.1) is 0 Å². The standard InChI is InChI=1S/C36H24N2O8.2C2H6/c39-29-11-9-21(35(43)44)15-27(29)37-17-23-13-19-5-1-3-7-25(19)31(33(23)41)32-26-8-4-2-6-20(26)14-24(34(32)42)18-38-28-16-22(36(45)46)10-12-30(28)40;2*1-2/h1-18,39-42H,(H,43,44)(H,45,46);2*1-2H3.